The molecule has 0 fully saturated rings. The lowest BCUT2D eigenvalue weighted by Crippen LogP contribution is -2.23. The van der Waals surface area contributed by atoms with Crippen LogP contribution in [0.2, 0.25) is 5.02 Å². The van der Waals surface area contributed by atoms with Crippen molar-refractivity contribution in [1.82, 2.24) is 5.32 Å². The van der Waals surface area contributed by atoms with Crippen LogP contribution in [0, 0.1) is 5.82 Å². The Morgan fingerprint density at radius 2 is 2.36 bits per heavy atom. The average Bonchev–Trinajstić information content (AvgIpc) is 2.16. The molecule has 1 aromatic carbocycles. The zero-order chi connectivity index (χ0) is 10.6. The van der Waals surface area contributed by atoms with Crippen molar-refractivity contribution in [3.63, 3.8) is 0 Å². The highest BCUT2D eigenvalue weighted by Crippen LogP contribution is 2.14. The van der Waals surface area contributed by atoms with Crippen molar-refractivity contribution < 1.29 is 4.39 Å². The van der Waals surface area contributed by atoms with Gasteiger partial charge in [-0.3, -0.25) is 0 Å². The minimum Gasteiger partial charge on any atom is -0.307 e. The number of nitrogens with one attached hydrogen (secondary N) is 1. The van der Waals surface area contributed by atoms with Crippen LogP contribution in [0.15, 0.2) is 30.9 Å². The third kappa shape index (κ3) is 3.13. The minimum atomic E-state index is -0.277. The quantitative estimate of drug-likeness (QED) is 0.758. The zero-order valence-electron chi connectivity index (χ0n) is 8.06. The maximum absolute atomic E-state index is 13.3. The van der Waals surface area contributed by atoms with Crippen molar-refractivity contribution in [2.24, 2.45) is 0 Å². The summed E-state index contributed by atoms with van der Waals surface area (Å²) in [5.41, 5.74) is 0.614. The van der Waals surface area contributed by atoms with E-state index < -0.39 is 0 Å². The van der Waals surface area contributed by atoms with Gasteiger partial charge in [0, 0.05) is 23.2 Å². The summed E-state index contributed by atoms with van der Waals surface area (Å²) in [6, 6.07) is 4.85. The monoisotopic (exact) mass is 213 g/mol. The average molecular weight is 214 g/mol. The van der Waals surface area contributed by atoms with E-state index in [9.17, 15) is 4.39 Å². The molecule has 0 heterocycles. The fourth-order valence-electron chi connectivity index (χ4n) is 1.02. The molecule has 0 spiro atoms. The topological polar surface area (TPSA) is 12.0 Å². The van der Waals surface area contributed by atoms with Gasteiger partial charge in [0.25, 0.3) is 0 Å². The lowest BCUT2D eigenvalue weighted by Gasteiger charge is -2.09. The number of benzene rings is 1. The summed E-state index contributed by atoms with van der Waals surface area (Å²) in [5.74, 6) is -0.277. The van der Waals surface area contributed by atoms with Gasteiger partial charge in [0.15, 0.2) is 0 Å². The summed E-state index contributed by atoms with van der Waals surface area (Å²) < 4.78 is 13.3. The van der Waals surface area contributed by atoms with Crippen LogP contribution in [0.4, 0.5) is 4.39 Å². The maximum Gasteiger partial charge on any atom is 0.129 e. The predicted molar refractivity (Wildman–Crippen MR) is 57.9 cm³/mol. The van der Waals surface area contributed by atoms with Crippen LogP contribution >= 0.6 is 11.6 Å². The minimum absolute atomic E-state index is 0.171. The Morgan fingerprint density at radius 1 is 1.64 bits per heavy atom. The molecule has 1 aromatic rings. The molecular formula is C11H13ClFN. The Kier molecular flexibility index (Phi) is 4.11. The molecule has 0 saturated carbocycles. The largest absolute Gasteiger partial charge is 0.307 e. The normalized spacial score (nSPS) is 12.5. The maximum atomic E-state index is 13.3. The van der Waals surface area contributed by atoms with Gasteiger partial charge in [-0.25, -0.2) is 4.39 Å². The molecule has 1 nitrogen and oxygen atoms in total. The second-order valence-corrected chi connectivity index (χ2v) is 3.58. The van der Waals surface area contributed by atoms with Crippen molar-refractivity contribution in [2.75, 3.05) is 0 Å². The Hall–Kier alpha value is -0.860. The second kappa shape index (κ2) is 5.13. The van der Waals surface area contributed by atoms with E-state index in [-0.39, 0.29) is 11.9 Å². The van der Waals surface area contributed by atoms with E-state index in [0.29, 0.717) is 17.1 Å². The van der Waals surface area contributed by atoms with Gasteiger partial charge < -0.3 is 5.32 Å². The van der Waals surface area contributed by atoms with Crippen molar-refractivity contribution >= 4 is 11.6 Å². The SMILES string of the molecule is C=CC(C)NCc1ccc(Cl)cc1F. The molecule has 1 N–H and O–H groups in total. The fraction of sp³-hybridized carbons (Fsp3) is 0.273. The van der Waals surface area contributed by atoms with Crippen molar-refractivity contribution in [1.29, 1.82) is 0 Å². The van der Waals surface area contributed by atoms with E-state index in [1.165, 1.54) is 6.07 Å². The summed E-state index contributed by atoms with van der Waals surface area (Å²) >= 11 is 5.63. The van der Waals surface area contributed by atoms with Crippen LogP contribution in [0.1, 0.15) is 12.5 Å². The first kappa shape index (κ1) is 11.2. The van der Waals surface area contributed by atoms with Gasteiger partial charge in [-0.1, -0.05) is 23.7 Å². The first-order chi connectivity index (χ1) is 6.63. The molecule has 14 heavy (non-hydrogen) atoms. The Labute approximate surface area is 88.6 Å². The molecule has 1 atom stereocenters. The Balaban J connectivity index is 2.63. The summed E-state index contributed by atoms with van der Waals surface area (Å²) in [4.78, 5) is 0. The molecule has 0 amide bonds. The fourth-order valence-corrected chi connectivity index (χ4v) is 1.18. The third-order valence-corrected chi connectivity index (χ3v) is 2.22. The van der Waals surface area contributed by atoms with Crippen LogP contribution in [0.5, 0.6) is 0 Å². The standard InChI is InChI=1S/C11H13ClFN/c1-3-8(2)14-7-9-4-5-10(12)6-11(9)13/h3-6,8,14H,1,7H2,2H3. The first-order valence-electron chi connectivity index (χ1n) is 4.43. The van der Waals surface area contributed by atoms with Gasteiger partial charge in [0.1, 0.15) is 5.82 Å². The molecule has 0 saturated heterocycles. The van der Waals surface area contributed by atoms with Crippen LogP contribution in [-0.4, -0.2) is 6.04 Å². The third-order valence-electron chi connectivity index (χ3n) is 1.98. The Morgan fingerprint density at radius 3 is 2.93 bits per heavy atom. The van der Waals surface area contributed by atoms with E-state index in [1.807, 2.05) is 6.92 Å². The van der Waals surface area contributed by atoms with Gasteiger partial charge in [-0.05, 0) is 19.1 Å². The molecule has 0 bridgehead atoms. The molecule has 0 aromatic heterocycles. The molecular weight excluding hydrogens is 201 g/mol. The summed E-state index contributed by atoms with van der Waals surface area (Å²) in [5, 5.41) is 3.53. The molecule has 76 valence electrons. The van der Waals surface area contributed by atoms with Crippen LogP contribution in [-0.2, 0) is 6.54 Å². The second-order valence-electron chi connectivity index (χ2n) is 3.14. The van der Waals surface area contributed by atoms with Gasteiger partial charge in [0.05, 0.1) is 0 Å². The summed E-state index contributed by atoms with van der Waals surface area (Å²) in [6.07, 6.45) is 1.77. The van der Waals surface area contributed by atoms with Crippen LogP contribution in [0.25, 0.3) is 0 Å². The van der Waals surface area contributed by atoms with Crippen molar-refractivity contribution in [3.05, 3.63) is 47.3 Å². The van der Waals surface area contributed by atoms with Crippen molar-refractivity contribution in [2.45, 2.75) is 19.5 Å². The zero-order valence-corrected chi connectivity index (χ0v) is 8.81. The molecule has 0 radical (unpaired) electrons. The molecule has 1 rings (SSSR count). The number of hydrogen-bond acceptors (Lipinski definition) is 1. The van der Waals surface area contributed by atoms with Gasteiger partial charge in [-0.2, -0.15) is 0 Å². The van der Waals surface area contributed by atoms with Gasteiger partial charge in [-0.15, -0.1) is 6.58 Å². The number of halogens is 2. The molecule has 0 aliphatic heterocycles. The van der Waals surface area contributed by atoms with E-state index >= 15 is 0 Å². The number of rotatable bonds is 4. The van der Waals surface area contributed by atoms with E-state index in [0.717, 1.165) is 0 Å². The van der Waals surface area contributed by atoms with E-state index in [4.69, 9.17) is 11.6 Å². The van der Waals surface area contributed by atoms with Crippen molar-refractivity contribution in [3.8, 4) is 0 Å². The Bertz CT molecular complexity index is 325. The summed E-state index contributed by atoms with van der Waals surface area (Å²) in [7, 11) is 0. The molecule has 3 heteroatoms. The highest BCUT2D eigenvalue weighted by molar-refractivity contribution is 6.30. The summed E-state index contributed by atoms with van der Waals surface area (Å²) in [6.45, 7) is 6.07. The highest BCUT2D eigenvalue weighted by Gasteiger charge is 2.03. The van der Waals surface area contributed by atoms with Gasteiger partial charge >= 0.3 is 0 Å². The number of hydrogen-bond donors (Lipinski definition) is 1. The lowest BCUT2D eigenvalue weighted by molar-refractivity contribution is 0.573. The molecule has 1 unspecified atom stereocenters. The van der Waals surface area contributed by atoms with E-state index in [2.05, 4.69) is 11.9 Å². The predicted octanol–water partition coefficient (Wildman–Crippen LogP) is 3.14. The molecule has 0 aliphatic carbocycles. The smallest absolute Gasteiger partial charge is 0.129 e. The van der Waals surface area contributed by atoms with Gasteiger partial charge in [0.2, 0.25) is 0 Å². The van der Waals surface area contributed by atoms with Crippen LogP contribution in [0.3, 0.4) is 0 Å². The molecule has 0 aliphatic rings. The first-order valence-corrected chi connectivity index (χ1v) is 4.81. The highest BCUT2D eigenvalue weighted by atomic mass is 35.5. The van der Waals surface area contributed by atoms with Crippen LogP contribution < -0.4 is 5.32 Å². The van der Waals surface area contributed by atoms with E-state index in [1.54, 1.807) is 18.2 Å². The lowest BCUT2D eigenvalue weighted by atomic mass is 10.2.